The van der Waals surface area contributed by atoms with Crippen LogP contribution in [0.2, 0.25) is 0 Å². The predicted octanol–water partition coefficient (Wildman–Crippen LogP) is 1.98. The highest BCUT2D eigenvalue weighted by Gasteiger charge is 2.10. The van der Waals surface area contributed by atoms with Gasteiger partial charge in [-0.1, -0.05) is 36.4 Å². The van der Waals surface area contributed by atoms with Crippen molar-refractivity contribution in [1.29, 1.82) is 0 Å². The Kier molecular flexibility index (Phi) is 6.81. The van der Waals surface area contributed by atoms with Gasteiger partial charge in [0.25, 0.3) is 0 Å². The molecule has 0 saturated carbocycles. The van der Waals surface area contributed by atoms with E-state index >= 15 is 0 Å². The number of methoxy groups -OCH3 is 1. The van der Waals surface area contributed by atoms with Crippen LogP contribution in [0.15, 0.2) is 42.5 Å². The lowest BCUT2D eigenvalue weighted by Crippen LogP contribution is -2.35. The van der Waals surface area contributed by atoms with Crippen molar-refractivity contribution < 1.29 is 23.5 Å². The van der Waals surface area contributed by atoms with Crippen LogP contribution in [0.1, 0.15) is 5.56 Å². The van der Waals surface area contributed by atoms with Gasteiger partial charge in [-0.05, 0) is 5.56 Å². The first-order valence-corrected chi connectivity index (χ1v) is 5.95. The Balaban J connectivity index is 2.39. The van der Waals surface area contributed by atoms with Gasteiger partial charge in [0.2, 0.25) is 0 Å². The van der Waals surface area contributed by atoms with E-state index in [1.54, 1.807) is 12.1 Å². The minimum atomic E-state index is -0.933. The summed E-state index contributed by atoms with van der Waals surface area (Å²) in [5, 5.41) is 2.29. The number of ether oxygens (including phenoxy) is 2. The molecule has 5 nitrogen and oxygen atoms in total. The highest BCUT2D eigenvalue weighted by molar-refractivity contribution is 5.82. The number of hydrogen-bond donors (Lipinski definition) is 1. The van der Waals surface area contributed by atoms with Crippen molar-refractivity contribution in [3.8, 4) is 0 Å². The van der Waals surface area contributed by atoms with E-state index in [-0.39, 0.29) is 6.61 Å². The van der Waals surface area contributed by atoms with E-state index in [4.69, 9.17) is 4.74 Å². The summed E-state index contributed by atoms with van der Waals surface area (Å²) in [6, 6.07) is 8.16. The van der Waals surface area contributed by atoms with E-state index in [0.29, 0.717) is 0 Å². The Morgan fingerprint density at radius 2 is 2.05 bits per heavy atom. The zero-order valence-corrected chi connectivity index (χ0v) is 11.0. The molecular formula is C14H16FNO4. The van der Waals surface area contributed by atoms with Crippen molar-refractivity contribution in [2.45, 2.75) is 12.6 Å². The van der Waals surface area contributed by atoms with Gasteiger partial charge in [-0.25, -0.2) is 14.0 Å². The molecule has 1 N–H and O–H groups in total. The summed E-state index contributed by atoms with van der Waals surface area (Å²) in [6.07, 6.45) is 1.49. The summed E-state index contributed by atoms with van der Waals surface area (Å²) < 4.78 is 22.0. The van der Waals surface area contributed by atoms with Gasteiger partial charge in [0.05, 0.1) is 13.2 Å². The standard InChI is InChI=1S/C14H16FNO4/c1-19-13(17)8-7-12(9-15)16-14(18)20-10-11-5-3-2-4-6-11/h2-8,12H,9-10H2,1H3,(H,16,18)/b8-7+. The zero-order chi connectivity index (χ0) is 14.8. The fourth-order valence-corrected chi connectivity index (χ4v) is 1.32. The maximum Gasteiger partial charge on any atom is 0.408 e. The summed E-state index contributed by atoms with van der Waals surface area (Å²) in [4.78, 5) is 22.3. The second-order valence-electron chi connectivity index (χ2n) is 3.85. The van der Waals surface area contributed by atoms with Gasteiger partial charge in [-0.3, -0.25) is 0 Å². The molecule has 6 heteroatoms. The molecule has 0 bridgehead atoms. The normalized spacial score (nSPS) is 11.9. The Morgan fingerprint density at radius 3 is 2.65 bits per heavy atom. The maximum absolute atomic E-state index is 12.7. The first-order chi connectivity index (χ1) is 9.65. The van der Waals surface area contributed by atoms with Crippen molar-refractivity contribution in [3.63, 3.8) is 0 Å². The molecule has 1 atom stereocenters. The number of alkyl carbamates (subject to hydrolysis) is 1. The lowest BCUT2D eigenvalue weighted by molar-refractivity contribution is -0.134. The van der Waals surface area contributed by atoms with Gasteiger partial charge in [0.1, 0.15) is 13.3 Å². The first-order valence-electron chi connectivity index (χ1n) is 5.95. The van der Waals surface area contributed by atoms with Gasteiger partial charge in [-0.2, -0.15) is 0 Å². The fraction of sp³-hybridized carbons (Fsp3) is 0.286. The number of esters is 1. The molecule has 0 aromatic heterocycles. The molecule has 0 aliphatic rings. The van der Waals surface area contributed by atoms with E-state index in [1.165, 1.54) is 13.2 Å². The Morgan fingerprint density at radius 1 is 1.35 bits per heavy atom. The van der Waals surface area contributed by atoms with E-state index in [1.807, 2.05) is 18.2 Å². The number of carbonyl (C=O) groups is 2. The van der Waals surface area contributed by atoms with E-state index in [2.05, 4.69) is 10.1 Å². The summed E-state index contributed by atoms with van der Waals surface area (Å²) in [6.45, 7) is -0.764. The van der Waals surface area contributed by atoms with Crippen molar-refractivity contribution in [1.82, 2.24) is 5.32 Å². The average Bonchev–Trinajstić information content (AvgIpc) is 2.49. The molecule has 0 aliphatic heterocycles. The van der Waals surface area contributed by atoms with Crippen LogP contribution in [0, 0.1) is 0 Å². The average molecular weight is 281 g/mol. The Bertz CT molecular complexity index is 462. The predicted molar refractivity (Wildman–Crippen MR) is 70.7 cm³/mol. The van der Waals surface area contributed by atoms with Crippen LogP contribution in [0.3, 0.4) is 0 Å². The molecular weight excluding hydrogens is 265 g/mol. The summed E-state index contributed by atoms with van der Waals surface area (Å²) in [5.41, 5.74) is 0.824. The number of hydrogen-bond acceptors (Lipinski definition) is 4. The van der Waals surface area contributed by atoms with E-state index < -0.39 is 24.8 Å². The summed E-state index contributed by atoms with van der Waals surface area (Å²) >= 11 is 0. The molecule has 1 aromatic carbocycles. The number of halogens is 1. The molecule has 1 amide bonds. The molecule has 0 aliphatic carbocycles. The topological polar surface area (TPSA) is 64.6 Å². The molecule has 0 saturated heterocycles. The lowest BCUT2D eigenvalue weighted by atomic mass is 10.2. The van der Waals surface area contributed by atoms with Gasteiger partial charge in [0, 0.05) is 6.08 Å². The van der Waals surface area contributed by atoms with Gasteiger partial charge < -0.3 is 14.8 Å². The Hall–Kier alpha value is -2.37. The minimum Gasteiger partial charge on any atom is -0.466 e. The third-order valence-corrected chi connectivity index (χ3v) is 2.35. The Labute approximate surface area is 116 Å². The largest absolute Gasteiger partial charge is 0.466 e. The first kappa shape index (κ1) is 15.7. The smallest absolute Gasteiger partial charge is 0.408 e. The highest BCUT2D eigenvalue weighted by atomic mass is 19.1. The fourth-order valence-electron chi connectivity index (χ4n) is 1.32. The number of alkyl halides is 1. The van der Waals surface area contributed by atoms with Crippen molar-refractivity contribution in [2.24, 2.45) is 0 Å². The molecule has 0 spiro atoms. The third-order valence-electron chi connectivity index (χ3n) is 2.35. The molecule has 20 heavy (non-hydrogen) atoms. The zero-order valence-electron chi connectivity index (χ0n) is 11.0. The van der Waals surface area contributed by atoms with E-state index in [9.17, 15) is 14.0 Å². The number of nitrogens with one attached hydrogen (secondary N) is 1. The monoisotopic (exact) mass is 281 g/mol. The number of benzene rings is 1. The molecule has 0 fully saturated rings. The molecule has 1 unspecified atom stereocenters. The maximum atomic E-state index is 12.7. The summed E-state index contributed by atoms with van der Waals surface area (Å²) in [5.74, 6) is -0.622. The SMILES string of the molecule is COC(=O)/C=C/C(CF)NC(=O)OCc1ccccc1. The third kappa shape index (κ3) is 5.99. The van der Waals surface area contributed by atoms with Gasteiger partial charge >= 0.3 is 12.1 Å². The second-order valence-corrected chi connectivity index (χ2v) is 3.85. The van der Waals surface area contributed by atoms with Crippen LogP contribution in [-0.4, -0.2) is 31.9 Å². The van der Waals surface area contributed by atoms with Crippen LogP contribution in [0.25, 0.3) is 0 Å². The molecule has 1 rings (SSSR count). The van der Waals surface area contributed by atoms with Crippen LogP contribution in [-0.2, 0) is 20.9 Å². The number of rotatable bonds is 6. The van der Waals surface area contributed by atoms with Crippen LogP contribution >= 0.6 is 0 Å². The van der Waals surface area contributed by atoms with Crippen molar-refractivity contribution in [2.75, 3.05) is 13.8 Å². The van der Waals surface area contributed by atoms with Crippen molar-refractivity contribution in [3.05, 3.63) is 48.0 Å². The highest BCUT2D eigenvalue weighted by Crippen LogP contribution is 2.01. The molecule has 108 valence electrons. The second kappa shape index (κ2) is 8.68. The minimum absolute atomic E-state index is 0.0897. The lowest BCUT2D eigenvalue weighted by Gasteiger charge is -2.11. The quantitative estimate of drug-likeness (QED) is 0.639. The molecule has 0 heterocycles. The van der Waals surface area contributed by atoms with Gasteiger partial charge in [-0.15, -0.1) is 0 Å². The summed E-state index contributed by atoms with van der Waals surface area (Å²) in [7, 11) is 1.21. The van der Waals surface area contributed by atoms with Crippen LogP contribution in [0.5, 0.6) is 0 Å². The van der Waals surface area contributed by atoms with E-state index in [0.717, 1.165) is 11.6 Å². The van der Waals surface area contributed by atoms with Gasteiger partial charge in [0.15, 0.2) is 0 Å². The molecule has 0 radical (unpaired) electrons. The van der Waals surface area contributed by atoms with Crippen LogP contribution in [0.4, 0.5) is 9.18 Å². The van der Waals surface area contributed by atoms with Crippen molar-refractivity contribution >= 4 is 12.1 Å². The van der Waals surface area contributed by atoms with Crippen LogP contribution < -0.4 is 5.32 Å². The molecule has 1 aromatic rings. The number of carbonyl (C=O) groups excluding carboxylic acids is 2. The number of amides is 1.